The monoisotopic (exact) mass is 297 g/mol. The average molecular weight is 297 g/mol. The Balaban J connectivity index is 2.68. The smallest absolute Gasteiger partial charge is 0.240 e. The Morgan fingerprint density at radius 3 is 2.19 bits per heavy atom. The van der Waals surface area contributed by atoms with Gasteiger partial charge in [-0.1, -0.05) is 0 Å². The molecule has 0 radical (unpaired) electrons. The standard InChI is InChI=1S/C17H35N3O/c1-13(2)20(14(3)4)17(21)15(5)19-10-8-9-16(12-19)11-18(6)7/h13-16H,8-12H2,1-7H3/t15-,16-/m0/s1. The molecule has 1 amide bonds. The van der Waals surface area contributed by atoms with Crippen molar-refractivity contribution in [1.82, 2.24) is 14.7 Å². The van der Waals surface area contributed by atoms with E-state index in [2.05, 4.69) is 58.5 Å². The first kappa shape index (κ1) is 18.4. The Morgan fingerprint density at radius 2 is 1.71 bits per heavy atom. The van der Waals surface area contributed by atoms with Crippen LogP contribution >= 0.6 is 0 Å². The zero-order valence-corrected chi connectivity index (χ0v) is 15.1. The first-order valence-corrected chi connectivity index (χ1v) is 8.45. The van der Waals surface area contributed by atoms with E-state index < -0.39 is 0 Å². The number of carbonyl (C=O) groups excluding carboxylic acids is 1. The van der Waals surface area contributed by atoms with Crippen LogP contribution in [0.15, 0.2) is 0 Å². The number of nitrogens with zero attached hydrogens (tertiary/aromatic N) is 3. The second-order valence-electron chi connectivity index (χ2n) is 7.37. The summed E-state index contributed by atoms with van der Waals surface area (Å²) >= 11 is 0. The molecule has 2 atom stereocenters. The molecule has 4 nitrogen and oxygen atoms in total. The molecule has 0 bridgehead atoms. The fourth-order valence-electron chi connectivity index (χ4n) is 3.59. The number of piperidine rings is 1. The highest BCUT2D eigenvalue weighted by Gasteiger charge is 2.31. The minimum atomic E-state index is -0.000220. The summed E-state index contributed by atoms with van der Waals surface area (Å²) in [4.78, 5) is 19.5. The van der Waals surface area contributed by atoms with Crippen molar-refractivity contribution in [3.63, 3.8) is 0 Å². The Morgan fingerprint density at radius 1 is 1.14 bits per heavy atom. The van der Waals surface area contributed by atoms with Gasteiger partial charge in [0.25, 0.3) is 0 Å². The van der Waals surface area contributed by atoms with E-state index in [4.69, 9.17) is 0 Å². The lowest BCUT2D eigenvalue weighted by atomic mass is 9.96. The van der Waals surface area contributed by atoms with E-state index >= 15 is 0 Å². The number of amides is 1. The summed E-state index contributed by atoms with van der Waals surface area (Å²) in [5, 5.41) is 0. The van der Waals surface area contributed by atoms with Gasteiger partial charge in [-0.25, -0.2) is 0 Å². The summed E-state index contributed by atoms with van der Waals surface area (Å²) in [5.41, 5.74) is 0. The van der Waals surface area contributed by atoms with Gasteiger partial charge in [-0.2, -0.15) is 0 Å². The van der Waals surface area contributed by atoms with Crippen molar-refractivity contribution < 1.29 is 4.79 Å². The quantitative estimate of drug-likeness (QED) is 0.752. The molecule has 0 aromatic carbocycles. The van der Waals surface area contributed by atoms with E-state index in [1.807, 2.05) is 4.90 Å². The molecule has 0 aromatic rings. The van der Waals surface area contributed by atoms with Crippen LogP contribution in [-0.2, 0) is 4.79 Å². The highest BCUT2D eigenvalue weighted by Crippen LogP contribution is 2.21. The molecule has 1 aliphatic rings. The molecule has 0 aliphatic carbocycles. The van der Waals surface area contributed by atoms with Crippen molar-refractivity contribution in [3.8, 4) is 0 Å². The van der Waals surface area contributed by atoms with Crippen molar-refractivity contribution in [2.75, 3.05) is 33.7 Å². The van der Waals surface area contributed by atoms with Crippen LogP contribution in [0.1, 0.15) is 47.5 Å². The highest BCUT2D eigenvalue weighted by atomic mass is 16.2. The van der Waals surface area contributed by atoms with Crippen LogP contribution in [0.2, 0.25) is 0 Å². The van der Waals surface area contributed by atoms with E-state index in [-0.39, 0.29) is 24.0 Å². The Kier molecular flexibility index (Phi) is 7.14. The van der Waals surface area contributed by atoms with Crippen LogP contribution in [0.5, 0.6) is 0 Å². The van der Waals surface area contributed by atoms with E-state index in [1.165, 1.54) is 12.8 Å². The number of hydrogen-bond acceptors (Lipinski definition) is 3. The Labute approximate surface area is 131 Å². The SMILES string of the molecule is CC(C)N(C(=O)[C@H](C)N1CCC[C@@H](CN(C)C)C1)C(C)C. The zero-order chi connectivity index (χ0) is 16.2. The normalized spacial score (nSPS) is 22.1. The van der Waals surface area contributed by atoms with Crippen molar-refractivity contribution in [2.45, 2.75) is 65.6 Å². The molecule has 0 saturated carbocycles. The average Bonchev–Trinajstić information content (AvgIpc) is 2.36. The van der Waals surface area contributed by atoms with Gasteiger partial charge in [0.05, 0.1) is 6.04 Å². The number of hydrogen-bond donors (Lipinski definition) is 0. The topological polar surface area (TPSA) is 26.8 Å². The van der Waals surface area contributed by atoms with Gasteiger partial charge in [0.1, 0.15) is 0 Å². The number of likely N-dealkylation sites (tertiary alicyclic amines) is 1. The van der Waals surface area contributed by atoms with Gasteiger partial charge in [0.15, 0.2) is 0 Å². The van der Waals surface area contributed by atoms with Gasteiger partial charge in [0.2, 0.25) is 5.91 Å². The van der Waals surface area contributed by atoms with Gasteiger partial charge in [-0.3, -0.25) is 9.69 Å². The second-order valence-corrected chi connectivity index (χ2v) is 7.37. The molecule has 4 heteroatoms. The van der Waals surface area contributed by atoms with Crippen molar-refractivity contribution >= 4 is 5.91 Å². The molecule has 1 fully saturated rings. The van der Waals surface area contributed by atoms with E-state index in [0.717, 1.165) is 19.6 Å². The largest absolute Gasteiger partial charge is 0.336 e. The van der Waals surface area contributed by atoms with Crippen LogP contribution in [0, 0.1) is 5.92 Å². The second kappa shape index (κ2) is 8.14. The van der Waals surface area contributed by atoms with E-state index in [0.29, 0.717) is 5.92 Å². The molecule has 1 rings (SSSR count). The van der Waals surface area contributed by atoms with E-state index in [1.54, 1.807) is 0 Å². The lowest BCUT2D eigenvalue weighted by molar-refractivity contribution is -0.140. The number of carbonyl (C=O) groups is 1. The Hall–Kier alpha value is -0.610. The third-order valence-corrected chi connectivity index (χ3v) is 4.45. The summed E-state index contributed by atoms with van der Waals surface area (Å²) in [7, 11) is 4.26. The highest BCUT2D eigenvalue weighted by molar-refractivity contribution is 5.82. The van der Waals surface area contributed by atoms with Crippen molar-refractivity contribution in [2.24, 2.45) is 5.92 Å². The molecule has 0 unspecified atom stereocenters. The molecule has 1 heterocycles. The minimum Gasteiger partial charge on any atom is -0.336 e. The van der Waals surface area contributed by atoms with Crippen LogP contribution in [0.4, 0.5) is 0 Å². The first-order chi connectivity index (χ1) is 9.73. The fourth-order valence-corrected chi connectivity index (χ4v) is 3.59. The molecule has 1 aliphatic heterocycles. The fraction of sp³-hybridized carbons (Fsp3) is 0.941. The molecule has 0 N–H and O–H groups in total. The maximum atomic E-state index is 12.8. The summed E-state index contributed by atoms with van der Waals surface area (Å²) < 4.78 is 0. The van der Waals surface area contributed by atoms with E-state index in [9.17, 15) is 4.79 Å². The predicted octanol–water partition coefficient (Wildman–Crippen LogP) is 2.29. The molecule has 0 spiro atoms. The third-order valence-electron chi connectivity index (χ3n) is 4.45. The zero-order valence-electron chi connectivity index (χ0n) is 15.1. The number of rotatable bonds is 6. The van der Waals surface area contributed by atoms with Gasteiger partial charge < -0.3 is 9.80 Å². The molecular weight excluding hydrogens is 262 g/mol. The van der Waals surface area contributed by atoms with Crippen LogP contribution in [0.3, 0.4) is 0 Å². The summed E-state index contributed by atoms with van der Waals surface area (Å²) in [6.07, 6.45) is 2.49. The van der Waals surface area contributed by atoms with Crippen LogP contribution < -0.4 is 0 Å². The minimum absolute atomic E-state index is 0.000220. The van der Waals surface area contributed by atoms with Crippen molar-refractivity contribution in [1.29, 1.82) is 0 Å². The molecule has 124 valence electrons. The van der Waals surface area contributed by atoms with Gasteiger partial charge >= 0.3 is 0 Å². The van der Waals surface area contributed by atoms with Gasteiger partial charge in [-0.15, -0.1) is 0 Å². The maximum Gasteiger partial charge on any atom is 0.240 e. The van der Waals surface area contributed by atoms with Crippen LogP contribution in [0.25, 0.3) is 0 Å². The summed E-state index contributed by atoms with van der Waals surface area (Å²) in [6, 6.07) is 0.532. The van der Waals surface area contributed by atoms with Crippen LogP contribution in [-0.4, -0.2) is 72.5 Å². The molecule has 0 aromatic heterocycles. The Bertz CT molecular complexity index is 320. The lowest BCUT2D eigenvalue weighted by Gasteiger charge is -2.40. The lowest BCUT2D eigenvalue weighted by Crippen LogP contribution is -2.54. The van der Waals surface area contributed by atoms with Crippen molar-refractivity contribution in [3.05, 3.63) is 0 Å². The van der Waals surface area contributed by atoms with Gasteiger partial charge in [-0.05, 0) is 74.0 Å². The molecule has 1 saturated heterocycles. The van der Waals surface area contributed by atoms with Gasteiger partial charge in [0, 0.05) is 25.2 Å². The summed E-state index contributed by atoms with van der Waals surface area (Å²) in [6.45, 7) is 13.7. The molecular formula is C17H35N3O. The first-order valence-electron chi connectivity index (χ1n) is 8.45. The predicted molar refractivity (Wildman–Crippen MR) is 89.4 cm³/mol. The molecule has 21 heavy (non-hydrogen) atoms. The summed E-state index contributed by atoms with van der Waals surface area (Å²) in [5.74, 6) is 0.973. The maximum absolute atomic E-state index is 12.8. The third kappa shape index (κ3) is 5.26.